The maximum Gasteiger partial charge on any atom is 0.257 e. The first kappa shape index (κ1) is 25.6. The molecule has 1 aromatic rings. The Kier molecular flexibility index (Phi) is 9.46. The number of amides is 3. The molecule has 32 heavy (non-hydrogen) atoms. The van der Waals surface area contributed by atoms with Gasteiger partial charge < -0.3 is 29.3 Å². The largest absolute Gasteiger partial charge is 0.491 e. The molecule has 1 aliphatic heterocycles. The fourth-order valence-corrected chi connectivity index (χ4v) is 3.66. The van der Waals surface area contributed by atoms with Crippen molar-refractivity contribution in [2.45, 2.75) is 39.3 Å². The molecule has 9 heteroatoms. The zero-order valence-corrected chi connectivity index (χ0v) is 19.8. The number of carbonyl (C=O) groups excluding carboxylic acids is 3. The molecule has 9 nitrogen and oxygen atoms in total. The summed E-state index contributed by atoms with van der Waals surface area (Å²) in [6, 6.07) is 4.74. The highest BCUT2D eigenvalue weighted by atomic mass is 16.5. The quantitative estimate of drug-likeness (QED) is 0.739. The maximum atomic E-state index is 13.3. The highest BCUT2D eigenvalue weighted by Gasteiger charge is 2.30. The molecule has 0 aromatic heterocycles. The van der Waals surface area contributed by atoms with Crippen LogP contribution in [0.3, 0.4) is 0 Å². The van der Waals surface area contributed by atoms with Crippen molar-refractivity contribution in [3.05, 3.63) is 23.8 Å². The molecule has 0 radical (unpaired) electrons. The minimum Gasteiger partial charge on any atom is -0.491 e. The molecular weight excluding hydrogens is 414 g/mol. The summed E-state index contributed by atoms with van der Waals surface area (Å²) in [7, 11) is 4.79. The van der Waals surface area contributed by atoms with E-state index in [2.05, 4.69) is 5.32 Å². The van der Waals surface area contributed by atoms with E-state index in [0.29, 0.717) is 36.5 Å². The van der Waals surface area contributed by atoms with Crippen LogP contribution >= 0.6 is 0 Å². The third-order valence-corrected chi connectivity index (χ3v) is 5.64. The number of benzene rings is 1. The van der Waals surface area contributed by atoms with E-state index in [1.54, 1.807) is 49.1 Å². The van der Waals surface area contributed by atoms with Gasteiger partial charge in [0.15, 0.2) is 0 Å². The zero-order chi connectivity index (χ0) is 23.8. The summed E-state index contributed by atoms with van der Waals surface area (Å²) in [5.74, 6) is -0.154. The Morgan fingerprint density at radius 3 is 2.56 bits per heavy atom. The van der Waals surface area contributed by atoms with E-state index >= 15 is 0 Å². The first-order chi connectivity index (χ1) is 15.2. The molecule has 0 aliphatic carbocycles. The molecule has 1 aliphatic rings. The highest BCUT2D eigenvalue weighted by Crippen LogP contribution is 2.26. The molecule has 0 saturated heterocycles. The second kappa shape index (κ2) is 11.8. The summed E-state index contributed by atoms with van der Waals surface area (Å²) in [5.41, 5.74) is 0.862. The third-order valence-electron chi connectivity index (χ3n) is 5.64. The molecule has 178 valence electrons. The van der Waals surface area contributed by atoms with E-state index < -0.39 is 0 Å². The Labute approximate surface area is 190 Å². The lowest BCUT2D eigenvalue weighted by atomic mass is 10.0. The summed E-state index contributed by atoms with van der Waals surface area (Å²) in [6.07, 6.45) is 0.0540. The molecule has 3 atom stereocenters. The van der Waals surface area contributed by atoms with Crippen molar-refractivity contribution >= 4 is 23.4 Å². The van der Waals surface area contributed by atoms with Gasteiger partial charge in [-0.2, -0.15) is 0 Å². The van der Waals surface area contributed by atoms with E-state index in [1.807, 2.05) is 13.8 Å². The van der Waals surface area contributed by atoms with Gasteiger partial charge >= 0.3 is 0 Å². The van der Waals surface area contributed by atoms with E-state index in [-0.39, 0.29) is 49.0 Å². The highest BCUT2D eigenvalue weighted by molar-refractivity contribution is 5.99. The van der Waals surface area contributed by atoms with Crippen LogP contribution in [-0.4, -0.2) is 87.2 Å². The molecule has 0 bridgehead atoms. The number of methoxy groups -OCH3 is 2. The number of hydrogen-bond donors (Lipinski definition) is 1. The number of fused-ring (bicyclic) bond motifs is 1. The standard InChI is InChI=1S/C23H35N3O6/c1-7-21(27)24-17-8-9-19-18(10-17)23(29)25(4)12-20(31-6)15(2)11-26(16(3)13-32-19)22(28)14-30-5/h8-10,15-16,20H,7,11-14H2,1-6H3,(H,24,27)/t15-,16-,20+/m0/s1. The summed E-state index contributed by atoms with van der Waals surface area (Å²) in [4.78, 5) is 41.1. The zero-order valence-electron chi connectivity index (χ0n) is 19.8. The van der Waals surface area contributed by atoms with E-state index in [0.717, 1.165) is 0 Å². The fourth-order valence-electron chi connectivity index (χ4n) is 3.66. The average Bonchev–Trinajstić information content (AvgIpc) is 2.78. The molecular formula is C23H35N3O6. The molecule has 2 rings (SSSR count). The molecule has 0 saturated carbocycles. The number of nitrogens with one attached hydrogen (secondary N) is 1. The van der Waals surface area contributed by atoms with Crippen molar-refractivity contribution in [1.82, 2.24) is 9.80 Å². The minimum atomic E-state index is -0.277. The fraction of sp³-hybridized carbons (Fsp3) is 0.609. The van der Waals surface area contributed by atoms with Gasteiger partial charge in [-0.25, -0.2) is 0 Å². The normalized spacial score (nSPS) is 22.3. The van der Waals surface area contributed by atoms with Crippen LogP contribution in [0.5, 0.6) is 5.75 Å². The van der Waals surface area contributed by atoms with Gasteiger partial charge in [0.25, 0.3) is 5.91 Å². The van der Waals surface area contributed by atoms with E-state index in [1.165, 1.54) is 7.11 Å². The number of rotatable bonds is 5. The van der Waals surface area contributed by atoms with Crippen LogP contribution in [0.1, 0.15) is 37.6 Å². The average molecular weight is 450 g/mol. The lowest BCUT2D eigenvalue weighted by molar-refractivity contribution is -0.139. The number of carbonyl (C=O) groups is 3. The van der Waals surface area contributed by atoms with Gasteiger partial charge in [0.1, 0.15) is 19.0 Å². The van der Waals surface area contributed by atoms with Crippen molar-refractivity contribution in [2.24, 2.45) is 5.92 Å². The van der Waals surface area contributed by atoms with Gasteiger partial charge in [0.2, 0.25) is 11.8 Å². The molecule has 1 heterocycles. The van der Waals surface area contributed by atoms with E-state index in [4.69, 9.17) is 14.2 Å². The molecule has 3 amide bonds. The number of ether oxygens (including phenoxy) is 3. The number of nitrogens with zero attached hydrogens (tertiary/aromatic N) is 2. The summed E-state index contributed by atoms with van der Waals surface area (Å²) < 4.78 is 16.7. The lowest BCUT2D eigenvalue weighted by Crippen LogP contribution is -2.49. The monoisotopic (exact) mass is 449 g/mol. The maximum absolute atomic E-state index is 13.3. The lowest BCUT2D eigenvalue weighted by Gasteiger charge is -2.36. The molecule has 0 spiro atoms. The Balaban J connectivity index is 2.44. The second-order valence-corrected chi connectivity index (χ2v) is 8.19. The minimum absolute atomic E-state index is 0.0236. The Morgan fingerprint density at radius 2 is 1.94 bits per heavy atom. The SMILES string of the molecule is CCC(=O)Nc1ccc2c(c1)C(=O)N(C)C[C@@H](OC)[C@@H](C)CN(C(=O)COC)[C@@H](C)CO2. The Morgan fingerprint density at radius 1 is 1.22 bits per heavy atom. The smallest absolute Gasteiger partial charge is 0.257 e. The Hall–Kier alpha value is -2.65. The Bertz CT molecular complexity index is 815. The first-order valence-electron chi connectivity index (χ1n) is 10.8. The number of hydrogen-bond acceptors (Lipinski definition) is 6. The van der Waals surface area contributed by atoms with Gasteiger partial charge in [-0.3, -0.25) is 14.4 Å². The van der Waals surface area contributed by atoms with Crippen LogP contribution < -0.4 is 10.1 Å². The van der Waals surface area contributed by atoms with Crippen molar-refractivity contribution < 1.29 is 28.6 Å². The van der Waals surface area contributed by atoms with Crippen LogP contribution in [0.4, 0.5) is 5.69 Å². The van der Waals surface area contributed by atoms with Crippen LogP contribution in [0.25, 0.3) is 0 Å². The summed E-state index contributed by atoms with van der Waals surface area (Å²) in [6.45, 7) is 6.61. The topological polar surface area (TPSA) is 97.4 Å². The molecule has 1 aromatic carbocycles. The van der Waals surface area contributed by atoms with Crippen molar-refractivity contribution in [3.8, 4) is 5.75 Å². The van der Waals surface area contributed by atoms with Crippen LogP contribution in [0.15, 0.2) is 18.2 Å². The first-order valence-corrected chi connectivity index (χ1v) is 10.8. The van der Waals surface area contributed by atoms with Crippen LogP contribution in [0, 0.1) is 5.92 Å². The van der Waals surface area contributed by atoms with Gasteiger partial charge in [-0.15, -0.1) is 0 Å². The van der Waals surface area contributed by atoms with E-state index in [9.17, 15) is 14.4 Å². The predicted octanol–water partition coefficient (Wildman–Crippen LogP) is 2.01. The predicted molar refractivity (Wildman–Crippen MR) is 121 cm³/mol. The van der Waals surface area contributed by atoms with Crippen molar-refractivity contribution in [2.75, 3.05) is 52.9 Å². The van der Waals surface area contributed by atoms with Crippen molar-refractivity contribution in [1.29, 1.82) is 0 Å². The van der Waals surface area contributed by atoms with Crippen molar-refractivity contribution in [3.63, 3.8) is 0 Å². The molecule has 0 fully saturated rings. The number of likely N-dealkylation sites (N-methyl/N-ethyl adjacent to an activating group) is 1. The summed E-state index contributed by atoms with van der Waals surface area (Å²) in [5, 5.41) is 2.78. The number of anilines is 1. The summed E-state index contributed by atoms with van der Waals surface area (Å²) >= 11 is 0. The second-order valence-electron chi connectivity index (χ2n) is 8.19. The van der Waals surface area contributed by atoms with Gasteiger partial charge in [-0.05, 0) is 25.1 Å². The van der Waals surface area contributed by atoms with Gasteiger partial charge in [-0.1, -0.05) is 13.8 Å². The van der Waals surface area contributed by atoms with Gasteiger partial charge in [0, 0.05) is 52.4 Å². The van der Waals surface area contributed by atoms with Crippen LogP contribution in [-0.2, 0) is 19.1 Å². The van der Waals surface area contributed by atoms with Gasteiger partial charge in [0.05, 0.1) is 17.7 Å². The molecule has 0 unspecified atom stereocenters. The van der Waals surface area contributed by atoms with Crippen LogP contribution in [0.2, 0.25) is 0 Å². The third kappa shape index (κ3) is 6.43. The molecule has 1 N–H and O–H groups in total.